The van der Waals surface area contributed by atoms with Crippen LogP contribution in [0.25, 0.3) is 0 Å². The van der Waals surface area contributed by atoms with Crippen molar-refractivity contribution in [3.8, 4) is 0 Å². The first kappa shape index (κ1) is 8.53. The van der Waals surface area contributed by atoms with Crippen LogP contribution in [0, 0.1) is 0 Å². The van der Waals surface area contributed by atoms with Gasteiger partial charge in [-0.25, -0.2) is 0 Å². The third-order valence-corrected chi connectivity index (χ3v) is 1.82. The van der Waals surface area contributed by atoms with Crippen molar-refractivity contribution in [1.82, 2.24) is 5.32 Å². The Kier molecular flexibility index (Phi) is 2.88. The first-order valence-corrected chi connectivity index (χ1v) is 4.04. The van der Waals surface area contributed by atoms with Crippen LogP contribution in [0.3, 0.4) is 0 Å². The van der Waals surface area contributed by atoms with Gasteiger partial charge in [0, 0.05) is 13.2 Å². The average Bonchev–Trinajstić information content (AvgIpc) is 2.71. The largest absolute Gasteiger partial charge is 0.381 e. The molecule has 0 radical (unpaired) electrons. The van der Waals surface area contributed by atoms with Gasteiger partial charge in [0.25, 0.3) is 0 Å². The fraction of sp³-hybridized carbons (Fsp3) is 0.875. The van der Waals surface area contributed by atoms with Gasteiger partial charge < -0.3 is 10.1 Å². The normalized spacial score (nSPS) is 19.5. The second-order valence-electron chi connectivity index (χ2n) is 3.09. The van der Waals surface area contributed by atoms with Crippen LogP contribution in [0.5, 0.6) is 0 Å². The zero-order valence-corrected chi connectivity index (χ0v) is 7.09. The Morgan fingerprint density at radius 3 is 2.82 bits per heavy atom. The van der Waals surface area contributed by atoms with Crippen LogP contribution in [0.1, 0.15) is 26.2 Å². The summed E-state index contributed by atoms with van der Waals surface area (Å²) < 4.78 is 4.96. The number of carbonyl (C=O) groups is 1. The minimum absolute atomic E-state index is 0.0359. The summed E-state index contributed by atoms with van der Waals surface area (Å²) in [5.41, 5.74) is 0. The smallest absolute Gasteiger partial charge is 0.222 e. The molecule has 1 N–H and O–H groups in total. The van der Waals surface area contributed by atoms with E-state index in [1.165, 1.54) is 0 Å². The van der Waals surface area contributed by atoms with Gasteiger partial charge in [-0.05, 0) is 19.8 Å². The Balaban J connectivity index is 2.08. The van der Waals surface area contributed by atoms with Gasteiger partial charge in [0.2, 0.25) is 5.91 Å². The van der Waals surface area contributed by atoms with Gasteiger partial charge in [-0.15, -0.1) is 0 Å². The minimum Gasteiger partial charge on any atom is -0.381 e. The summed E-state index contributed by atoms with van der Waals surface area (Å²) in [6.45, 7) is 1.90. The molecule has 0 spiro atoms. The molecule has 11 heavy (non-hydrogen) atoms. The summed E-state index contributed by atoms with van der Waals surface area (Å²) >= 11 is 0. The zero-order valence-electron chi connectivity index (χ0n) is 7.09. The van der Waals surface area contributed by atoms with E-state index in [1.54, 1.807) is 7.11 Å². The second-order valence-corrected chi connectivity index (χ2v) is 3.09. The number of methoxy groups -OCH3 is 1. The average molecular weight is 157 g/mol. The lowest BCUT2D eigenvalue weighted by molar-refractivity contribution is -0.123. The maximum absolute atomic E-state index is 11.1. The number of hydrogen-bond donors (Lipinski definition) is 1. The first-order chi connectivity index (χ1) is 5.22. The third kappa shape index (κ3) is 3.37. The van der Waals surface area contributed by atoms with Crippen LogP contribution in [0.2, 0.25) is 0 Å². The highest BCUT2D eigenvalue weighted by molar-refractivity contribution is 5.77. The predicted octanol–water partition coefficient (Wildman–Crippen LogP) is 0.690. The van der Waals surface area contributed by atoms with E-state index in [9.17, 15) is 4.79 Å². The van der Waals surface area contributed by atoms with Crippen LogP contribution in [0.4, 0.5) is 0 Å². The SMILES string of the molecule is COC(C)CC(=O)NC1CC1. The summed E-state index contributed by atoms with van der Waals surface area (Å²) in [6, 6.07) is 0.464. The summed E-state index contributed by atoms with van der Waals surface area (Å²) in [5.74, 6) is 0.113. The van der Waals surface area contributed by atoms with E-state index in [1.807, 2.05) is 6.92 Å². The number of hydrogen-bond acceptors (Lipinski definition) is 2. The number of ether oxygens (including phenoxy) is 1. The molecule has 0 aromatic heterocycles. The molecule has 3 nitrogen and oxygen atoms in total. The lowest BCUT2D eigenvalue weighted by Gasteiger charge is -2.08. The van der Waals surface area contributed by atoms with E-state index in [4.69, 9.17) is 4.74 Å². The van der Waals surface area contributed by atoms with Gasteiger partial charge in [-0.2, -0.15) is 0 Å². The second kappa shape index (κ2) is 3.72. The van der Waals surface area contributed by atoms with Gasteiger partial charge in [0.05, 0.1) is 12.5 Å². The van der Waals surface area contributed by atoms with Crippen LogP contribution in [0.15, 0.2) is 0 Å². The van der Waals surface area contributed by atoms with Gasteiger partial charge in [-0.1, -0.05) is 0 Å². The molecule has 3 heteroatoms. The van der Waals surface area contributed by atoms with Gasteiger partial charge >= 0.3 is 0 Å². The Morgan fingerprint density at radius 1 is 1.73 bits per heavy atom. The van der Waals surface area contributed by atoms with Crippen LogP contribution >= 0.6 is 0 Å². The summed E-state index contributed by atoms with van der Waals surface area (Å²) in [6.07, 6.45) is 2.81. The van der Waals surface area contributed by atoms with Crippen molar-refractivity contribution in [3.63, 3.8) is 0 Å². The highest BCUT2D eigenvalue weighted by Gasteiger charge is 2.23. The van der Waals surface area contributed by atoms with Crippen molar-refractivity contribution >= 4 is 5.91 Å². The topological polar surface area (TPSA) is 38.3 Å². The maximum atomic E-state index is 11.1. The molecule has 0 saturated heterocycles. The van der Waals surface area contributed by atoms with Crippen LogP contribution < -0.4 is 5.32 Å². The molecule has 0 bridgehead atoms. The van der Waals surface area contributed by atoms with Crippen molar-refractivity contribution in [1.29, 1.82) is 0 Å². The van der Waals surface area contributed by atoms with Gasteiger partial charge in [-0.3, -0.25) is 4.79 Å². The van der Waals surface area contributed by atoms with E-state index >= 15 is 0 Å². The highest BCUT2D eigenvalue weighted by atomic mass is 16.5. The standard InChI is InChI=1S/C8H15NO2/c1-6(11-2)5-8(10)9-7-3-4-7/h6-7H,3-5H2,1-2H3,(H,9,10). The molecule has 64 valence electrons. The fourth-order valence-corrected chi connectivity index (χ4v) is 0.859. The molecule has 1 fully saturated rings. The maximum Gasteiger partial charge on any atom is 0.222 e. The molecule has 1 rings (SSSR count). The number of amides is 1. The fourth-order valence-electron chi connectivity index (χ4n) is 0.859. The quantitative estimate of drug-likeness (QED) is 0.652. The van der Waals surface area contributed by atoms with Crippen LogP contribution in [-0.2, 0) is 9.53 Å². The molecule has 1 amide bonds. The highest BCUT2D eigenvalue weighted by Crippen LogP contribution is 2.18. The van der Waals surface area contributed by atoms with E-state index in [2.05, 4.69) is 5.32 Å². The molecule has 1 aliphatic rings. The summed E-state index contributed by atoms with van der Waals surface area (Å²) in [7, 11) is 1.62. The van der Waals surface area contributed by atoms with Crippen molar-refractivity contribution in [3.05, 3.63) is 0 Å². The Morgan fingerprint density at radius 2 is 2.36 bits per heavy atom. The van der Waals surface area contributed by atoms with E-state index in [-0.39, 0.29) is 12.0 Å². The van der Waals surface area contributed by atoms with E-state index in [0.29, 0.717) is 12.5 Å². The summed E-state index contributed by atoms with van der Waals surface area (Å²) in [4.78, 5) is 11.1. The van der Waals surface area contributed by atoms with Crippen LogP contribution in [-0.4, -0.2) is 25.2 Å². The molecule has 1 unspecified atom stereocenters. The zero-order chi connectivity index (χ0) is 8.27. The van der Waals surface area contributed by atoms with E-state index < -0.39 is 0 Å². The lowest BCUT2D eigenvalue weighted by atomic mass is 10.3. The van der Waals surface area contributed by atoms with Crippen molar-refractivity contribution < 1.29 is 9.53 Å². The molecule has 0 heterocycles. The molecule has 1 aliphatic carbocycles. The first-order valence-electron chi connectivity index (χ1n) is 4.04. The van der Waals surface area contributed by atoms with Gasteiger partial charge in [0.1, 0.15) is 0 Å². The Hall–Kier alpha value is -0.570. The van der Waals surface area contributed by atoms with Crippen molar-refractivity contribution in [2.24, 2.45) is 0 Å². The number of rotatable bonds is 4. The molecular formula is C8H15NO2. The number of carbonyl (C=O) groups excluding carboxylic acids is 1. The molecule has 0 aliphatic heterocycles. The lowest BCUT2D eigenvalue weighted by Crippen LogP contribution is -2.28. The summed E-state index contributed by atoms with van der Waals surface area (Å²) in [5, 5.41) is 2.90. The predicted molar refractivity (Wildman–Crippen MR) is 42.3 cm³/mol. The Labute approximate surface area is 67.1 Å². The molecule has 1 atom stereocenters. The van der Waals surface area contributed by atoms with E-state index in [0.717, 1.165) is 12.8 Å². The third-order valence-electron chi connectivity index (χ3n) is 1.82. The minimum atomic E-state index is 0.0359. The monoisotopic (exact) mass is 157 g/mol. The van der Waals surface area contributed by atoms with Gasteiger partial charge in [0.15, 0.2) is 0 Å². The molecular weight excluding hydrogens is 142 g/mol. The van der Waals surface area contributed by atoms with Crippen molar-refractivity contribution in [2.45, 2.75) is 38.3 Å². The Bertz CT molecular complexity index is 143. The molecule has 0 aromatic rings. The van der Waals surface area contributed by atoms with Crippen molar-refractivity contribution in [2.75, 3.05) is 7.11 Å². The molecule has 1 saturated carbocycles. The molecule has 0 aromatic carbocycles. The number of nitrogens with one attached hydrogen (secondary N) is 1.